The molecule has 0 aromatic heterocycles. The van der Waals surface area contributed by atoms with Gasteiger partial charge in [0, 0.05) is 33.4 Å². The van der Waals surface area contributed by atoms with Crippen molar-refractivity contribution in [2.75, 3.05) is 33.4 Å². The number of urea groups is 1. The van der Waals surface area contributed by atoms with Crippen molar-refractivity contribution in [1.29, 1.82) is 0 Å². The number of piperazine rings is 1. The van der Waals surface area contributed by atoms with Gasteiger partial charge in [0.15, 0.2) is 0 Å². The normalized spacial score (nSPS) is 21.0. The molecule has 0 radical (unpaired) electrons. The first kappa shape index (κ1) is 33.6. The fourth-order valence-electron chi connectivity index (χ4n) is 6.70. The topological polar surface area (TPSA) is 84.3 Å². The lowest BCUT2D eigenvalue weighted by atomic mass is 9.77. The van der Waals surface area contributed by atoms with Crippen LogP contribution in [0.1, 0.15) is 71.7 Å². The zero-order valence-corrected chi connectivity index (χ0v) is 25.0. The number of amides is 3. The standard InChI is InChI=1S/C31H37F6N3O4/c1-18-5-6-24(19(2)13-18)26-25-17-29(7-11-41,8-12-42)27(43)39(25)9-10-40(26)28(44)38(4)20(3)21-14-22(30(32,33)34)16-23(15-21)31(35,36)37/h5-6,13-16,20,25-26,41-42H,7-12,17H2,1-4H3/t20-,25?,26?/m1/s1. The monoisotopic (exact) mass is 629 g/mol. The van der Waals surface area contributed by atoms with E-state index < -0.39 is 53.1 Å². The second kappa shape index (κ2) is 12.2. The van der Waals surface area contributed by atoms with Gasteiger partial charge >= 0.3 is 18.4 Å². The van der Waals surface area contributed by atoms with E-state index in [1.54, 1.807) is 4.90 Å². The van der Waals surface area contributed by atoms with E-state index >= 15 is 0 Å². The highest BCUT2D eigenvalue weighted by molar-refractivity contribution is 5.86. The summed E-state index contributed by atoms with van der Waals surface area (Å²) in [7, 11) is 1.33. The van der Waals surface area contributed by atoms with Crippen LogP contribution in [0, 0.1) is 19.3 Å². The number of alkyl halides is 6. The number of fused-ring (bicyclic) bond motifs is 1. The van der Waals surface area contributed by atoms with Crippen molar-refractivity contribution < 1.29 is 46.1 Å². The van der Waals surface area contributed by atoms with Gasteiger partial charge in [-0.1, -0.05) is 23.8 Å². The van der Waals surface area contributed by atoms with E-state index in [0.717, 1.165) is 21.6 Å². The van der Waals surface area contributed by atoms with Crippen LogP contribution in [-0.4, -0.2) is 76.2 Å². The van der Waals surface area contributed by atoms with E-state index in [4.69, 9.17) is 0 Å². The van der Waals surface area contributed by atoms with Gasteiger partial charge in [0.2, 0.25) is 5.91 Å². The van der Waals surface area contributed by atoms with Crippen molar-refractivity contribution in [3.05, 3.63) is 69.8 Å². The summed E-state index contributed by atoms with van der Waals surface area (Å²) >= 11 is 0. The van der Waals surface area contributed by atoms with Gasteiger partial charge in [0.25, 0.3) is 0 Å². The van der Waals surface area contributed by atoms with Crippen molar-refractivity contribution in [3.63, 3.8) is 0 Å². The highest BCUT2D eigenvalue weighted by atomic mass is 19.4. The Kier molecular flexibility index (Phi) is 9.33. The number of aryl methyl sites for hydroxylation is 2. The molecule has 2 saturated heterocycles. The molecule has 13 heteroatoms. The quantitative estimate of drug-likeness (QED) is 0.376. The Bertz CT molecular complexity index is 1360. The van der Waals surface area contributed by atoms with Crippen molar-refractivity contribution in [2.45, 2.75) is 70.5 Å². The zero-order valence-electron chi connectivity index (χ0n) is 25.0. The third-order valence-corrected chi connectivity index (χ3v) is 9.14. The molecule has 2 N–H and O–H groups in total. The minimum atomic E-state index is -5.03. The Labute approximate surface area is 252 Å². The molecule has 7 nitrogen and oxygen atoms in total. The molecule has 44 heavy (non-hydrogen) atoms. The maximum Gasteiger partial charge on any atom is 0.416 e. The average molecular weight is 630 g/mol. The molecule has 2 heterocycles. The predicted octanol–water partition coefficient (Wildman–Crippen LogP) is 5.86. The molecule has 4 rings (SSSR count). The number of rotatable bonds is 7. The summed E-state index contributed by atoms with van der Waals surface area (Å²) in [6.45, 7) is 4.77. The SMILES string of the molecule is Cc1ccc(C2C3CC(CCO)(CCO)C(=O)N3CCN2C(=O)N(C)[C@H](C)c2cc(C(F)(F)F)cc(C(F)(F)F)c2)c(C)c1. The van der Waals surface area contributed by atoms with Crippen LogP contribution in [0.3, 0.4) is 0 Å². The third kappa shape index (κ3) is 6.26. The number of hydrogen-bond acceptors (Lipinski definition) is 4. The molecule has 0 aliphatic carbocycles. The predicted molar refractivity (Wildman–Crippen MR) is 149 cm³/mol. The molecule has 2 aliphatic rings. The van der Waals surface area contributed by atoms with Crippen LogP contribution in [0.5, 0.6) is 0 Å². The van der Waals surface area contributed by atoms with Crippen LogP contribution in [-0.2, 0) is 17.1 Å². The molecule has 0 saturated carbocycles. The smallest absolute Gasteiger partial charge is 0.396 e. The molecule has 2 aromatic rings. The number of carbonyl (C=O) groups is 2. The number of hydrogen-bond donors (Lipinski definition) is 2. The summed E-state index contributed by atoms with van der Waals surface area (Å²) in [4.78, 5) is 32.2. The van der Waals surface area contributed by atoms with Crippen LogP contribution < -0.4 is 0 Å². The van der Waals surface area contributed by atoms with Gasteiger partial charge in [0.05, 0.1) is 34.7 Å². The molecule has 3 amide bonds. The minimum Gasteiger partial charge on any atom is -0.396 e. The third-order valence-electron chi connectivity index (χ3n) is 9.14. The number of aliphatic hydroxyl groups is 2. The van der Waals surface area contributed by atoms with Crippen LogP contribution in [0.25, 0.3) is 0 Å². The summed E-state index contributed by atoms with van der Waals surface area (Å²) in [5.41, 5.74) is -1.75. The second-order valence-electron chi connectivity index (χ2n) is 11.9. The first-order valence-electron chi connectivity index (χ1n) is 14.4. The lowest BCUT2D eigenvalue weighted by Crippen LogP contribution is -2.57. The summed E-state index contributed by atoms with van der Waals surface area (Å²) < 4.78 is 81.4. The largest absolute Gasteiger partial charge is 0.416 e. The van der Waals surface area contributed by atoms with Gasteiger partial charge in [-0.15, -0.1) is 0 Å². The van der Waals surface area contributed by atoms with E-state index in [1.807, 2.05) is 32.0 Å². The Morgan fingerprint density at radius 2 is 1.55 bits per heavy atom. The van der Waals surface area contributed by atoms with E-state index in [9.17, 15) is 46.1 Å². The van der Waals surface area contributed by atoms with Crippen LogP contribution in [0.2, 0.25) is 0 Å². The summed E-state index contributed by atoms with van der Waals surface area (Å²) in [6.07, 6.45) is -9.57. The maximum atomic E-state index is 14.1. The molecule has 2 aliphatic heterocycles. The van der Waals surface area contributed by atoms with Gasteiger partial charge in [-0.05, 0) is 74.9 Å². The Balaban J connectivity index is 1.76. The first-order chi connectivity index (χ1) is 20.4. The van der Waals surface area contributed by atoms with Crippen molar-refractivity contribution >= 4 is 11.9 Å². The number of aliphatic hydroxyl groups excluding tert-OH is 2. The minimum absolute atomic E-state index is 0.0512. The first-order valence-corrected chi connectivity index (χ1v) is 14.4. The second-order valence-corrected chi connectivity index (χ2v) is 11.9. The van der Waals surface area contributed by atoms with Crippen molar-refractivity contribution in [2.24, 2.45) is 5.41 Å². The molecule has 2 unspecified atom stereocenters. The van der Waals surface area contributed by atoms with Crippen molar-refractivity contribution in [3.8, 4) is 0 Å². The lowest BCUT2D eigenvalue weighted by molar-refractivity contribution is -0.143. The summed E-state index contributed by atoms with van der Waals surface area (Å²) in [5.74, 6) is -0.224. The zero-order chi connectivity index (χ0) is 32.8. The number of carbonyl (C=O) groups excluding carboxylic acids is 2. The molecule has 2 aromatic carbocycles. The van der Waals surface area contributed by atoms with E-state index in [0.29, 0.717) is 12.1 Å². The Morgan fingerprint density at radius 1 is 0.977 bits per heavy atom. The van der Waals surface area contributed by atoms with E-state index in [2.05, 4.69) is 0 Å². The number of nitrogens with zero attached hydrogens (tertiary/aromatic N) is 3. The fourth-order valence-corrected chi connectivity index (χ4v) is 6.70. The van der Waals surface area contributed by atoms with Crippen LogP contribution in [0.4, 0.5) is 31.1 Å². The molecular weight excluding hydrogens is 592 g/mol. The van der Waals surface area contributed by atoms with Gasteiger partial charge in [0.1, 0.15) is 0 Å². The van der Waals surface area contributed by atoms with Gasteiger partial charge in [-0.2, -0.15) is 26.3 Å². The number of halogens is 6. The van der Waals surface area contributed by atoms with Gasteiger partial charge in [-0.25, -0.2) is 4.79 Å². The highest BCUT2D eigenvalue weighted by Gasteiger charge is 2.56. The van der Waals surface area contributed by atoms with Crippen molar-refractivity contribution in [1.82, 2.24) is 14.7 Å². The van der Waals surface area contributed by atoms with Gasteiger partial charge < -0.3 is 24.9 Å². The maximum absolute atomic E-state index is 14.1. The number of benzene rings is 2. The van der Waals surface area contributed by atoms with E-state index in [1.165, 1.54) is 18.9 Å². The average Bonchev–Trinajstić information content (AvgIpc) is 3.21. The van der Waals surface area contributed by atoms with Crippen LogP contribution >= 0.6 is 0 Å². The Morgan fingerprint density at radius 3 is 2.05 bits per heavy atom. The molecule has 3 atom stereocenters. The lowest BCUT2D eigenvalue weighted by Gasteiger charge is -2.47. The molecule has 2 fully saturated rings. The van der Waals surface area contributed by atoms with Crippen LogP contribution in [0.15, 0.2) is 36.4 Å². The Hall–Kier alpha value is -3.32. The molecular formula is C31H37F6N3O4. The highest BCUT2D eigenvalue weighted by Crippen LogP contribution is 2.49. The molecule has 242 valence electrons. The fraction of sp³-hybridized carbons (Fsp3) is 0.548. The summed E-state index contributed by atoms with van der Waals surface area (Å²) in [6, 6.07) is 3.92. The summed E-state index contributed by atoms with van der Waals surface area (Å²) in [5, 5.41) is 19.6. The molecule has 0 spiro atoms. The van der Waals surface area contributed by atoms with Gasteiger partial charge in [-0.3, -0.25) is 4.79 Å². The van der Waals surface area contributed by atoms with E-state index in [-0.39, 0.29) is 63.1 Å². The molecule has 0 bridgehead atoms.